The number of carboxylic acid groups (broad SMARTS) is 1. The molecule has 6 nitrogen and oxygen atoms in total. The van der Waals surface area contributed by atoms with Crippen molar-refractivity contribution in [2.24, 2.45) is 5.73 Å². The Bertz CT molecular complexity index is 595. The highest BCUT2D eigenvalue weighted by atomic mass is 16.5. The molecule has 0 amide bonds. The molecule has 0 fully saturated rings. The first-order chi connectivity index (χ1) is 11.8. The third-order valence-electron chi connectivity index (χ3n) is 3.39. The minimum atomic E-state index is -0.968. The Morgan fingerprint density at radius 1 is 1.32 bits per heavy atom. The Hall–Kier alpha value is -2.52. The lowest BCUT2D eigenvalue weighted by Crippen LogP contribution is -2.29. The summed E-state index contributed by atoms with van der Waals surface area (Å²) in [6.07, 6.45) is 6.93. The van der Waals surface area contributed by atoms with Crippen LogP contribution in [0.1, 0.15) is 37.5 Å². The van der Waals surface area contributed by atoms with Gasteiger partial charge in [-0.1, -0.05) is 37.5 Å². The molecule has 1 aromatic carbocycles. The first kappa shape index (κ1) is 22.5. The molecule has 25 heavy (non-hydrogen) atoms. The van der Waals surface area contributed by atoms with Gasteiger partial charge in [0.1, 0.15) is 6.04 Å². The second-order valence-electron chi connectivity index (χ2n) is 5.44. The minimum absolute atomic E-state index is 0.0139. The number of terminal acetylenes is 1. The van der Waals surface area contributed by atoms with Crippen LogP contribution in [0.4, 0.5) is 5.69 Å². The summed E-state index contributed by atoms with van der Waals surface area (Å²) >= 11 is 0. The molecule has 6 heteroatoms. The molecule has 0 bridgehead atoms. The number of carbonyl (C=O) groups is 2. The number of aryl methyl sites for hydroxylation is 3. The summed E-state index contributed by atoms with van der Waals surface area (Å²) < 4.78 is 4.96. The summed E-state index contributed by atoms with van der Waals surface area (Å²) in [5.74, 6) is 1.01. The predicted octanol–water partition coefficient (Wildman–Crippen LogP) is 2.13. The lowest BCUT2D eigenvalue weighted by Gasteiger charge is -2.20. The SMILES string of the molecule is C#CCOC(=O)[C@H](C)Nc1c(CC)cc(C)cc1CC.NCC(=O)O. The van der Waals surface area contributed by atoms with E-state index in [9.17, 15) is 9.59 Å². The first-order valence-corrected chi connectivity index (χ1v) is 8.21. The van der Waals surface area contributed by atoms with E-state index in [0.29, 0.717) is 0 Å². The number of anilines is 1. The summed E-state index contributed by atoms with van der Waals surface area (Å²) in [5, 5.41) is 10.9. The number of esters is 1. The van der Waals surface area contributed by atoms with Gasteiger partial charge in [0.2, 0.25) is 0 Å². The number of carboxylic acids is 1. The average molecular weight is 348 g/mol. The topological polar surface area (TPSA) is 102 Å². The maximum atomic E-state index is 11.8. The van der Waals surface area contributed by atoms with Gasteiger partial charge in [0.15, 0.2) is 6.61 Å². The van der Waals surface area contributed by atoms with Crippen LogP contribution in [0, 0.1) is 19.3 Å². The molecular formula is C19H28N2O4. The van der Waals surface area contributed by atoms with E-state index < -0.39 is 12.0 Å². The van der Waals surface area contributed by atoms with Gasteiger partial charge in [-0.15, -0.1) is 6.42 Å². The van der Waals surface area contributed by atoms with Gasteiger partial charge in [0.05, 0.1) is 6.54 Å². The number of nitrogens with two attached hydrogens (primary N) is 1. The molecule has 0 aliphatic carbocycles. The molecule has 138 valence electrons. The molecule has 0 unspecified atom stereocenters. The van der Waals surface area contributed by atoms with E-state index in [1.165, 1.54) is 16.7 Å². The molecule has 0 spiro atoms. The molecular weight excluding hydrogens is 320 g/mol. The summed E-state index contributed by atoms with van der Waals surface area (Å²) in [5.41, 5.74) is 9.30. The monoisotopic (exact) mass is 348 g/mol. The molecule has 0 heterocycles. The van der Waals surface area contributed by atoms with Crippen LogP contribution >= 0.6 is 0 Å². The Morgan fingerprint density at radius 2 is 1.80 bits per heavy atom. The van der Waals surface area contributed by atoms with Gasteiger partial charge in [-0.2, -0.15) is 0 Å². The fourth-order valence-corrected chi connectivity index (χ4v) is 2.20. The van der Waals surface area contributed by atoms with Gasteiger partial charge in [0.25, 0.3) is 0 Å². The van der Waals surface area contributed by atoms with Crippen LogP contribution in [0.2, 0.25) is 0 Å². The van der Waals surface area contributed by atoms with Gasteiger partial charge >= 0.3 is 11.9 Å². The molecule has 0 aliphatic heterocycles. The summed E-state index contributed by atoms with van der Waals surface area (Å²) in [6.45, 7) is 7.84. The molecule has 0 radical (unpaired) electrons. The van der Waals surface area contributed by atoms with Crippen LogP contribution in [-0.2, 0) is 27.2 Å². The number of rotatable bonds is 7. The third-order valence-corrected chi connectivity index (χ3v) is 3.39. The Kier molecular flexibility index (Phi) is 10.7. The Morgan fingerprint density at radius 3 is 2.16 bits per heavy atom. The first-order valence-electron chi connectivity index (χ1n) is 8.21. The number of nitrogens with one attached hydrogen (secondary N) is 1. The molecule has 0 aromatic heterocycles. The molecule has 0 saturated heterocycles. The van der Waals surface area contributed by atoms with Crippen molar-refractivity contribution >= 4 is 17.6 Å². The van der Waals surface area contributed by atoms with Crippen molar-refractivity contribution in [3.8, 4) is 12.3 Å². The van der Waals surface area contributed by atoms with Gasteiger partial charge in [0, 0.05) is 5.69 Å². The number of aliphatic carboxylic acids is 1. The molecule has 1 rings (SSSR count). The van der Waals surface area contributed by atoms with Gasteiger partial charge in [-0.25, -0.2) is 4.79 Å². The predicted molar refractivity (Wildman–Crippen MR) is 99.5 cm³/mol. The highest BCUT2D eigenvalue weighted by Crippen LogP contribution is 2.25. The highest BCUT2D eigenvalue weighted by molar-refractivity contribution is 5.80. The van der Waals surface area contributed by atoms with E-state index >= 15 is 0 Å². The van der Waals surface area contributed by atoms with Crippen molar-refractivity contribution in [2.75, 3.05) is 18.5 Å². The third kappa shape index (κ3) is 8.23. The number of benzene rings is 1. The number of hydrogen-bond donors (Lipinski definition) is 3. The molecule has 0 saturated carbocycles. The van der Waals surface area contributed by atoms with Crippen molar-refractivity contribution in [3.63, 3.8) is 0 Å². The second-order valence-corrected chi connectivity index (χ2v) is 5.44. The fourth-order valence-electron chi connectivity index (χ4n) is 2.20. The summed E-state index contributed by atoms with van der Waals surface area (Å²) in [7, 11) is 0. The quantitative estimate of drug-likeness (QED) is 0.515. The van der Waals surface area contributed by atoms with Crippen LogP contribution < -0.4 is 11.1 Å². The molecule has 1 atom stereocenters. The Balaban J connectivity index is 0.00000101. The van der Waals surface area contributed by atoms with E-state index in [-0.39, 0.29) is 19.1 Å². The molecule has 4 N–H and O–H groups in total. The average Bonchev–Trinajstić information content (AvgIpc) is 2.60. The zero-order chi connectivity index (χ0) is 19.4. The van der Waals surface area contributed by atoms with Crippen molar-refractivity contribution < 1.29 is 19.4 Å². The van der Waals surface area contributed by atoms with E-state index in [1.807, 2.05) is 0 Å². The number of ether oxygens (including phenoxy) is 1. The lowest BCUT2D eigenvalue weighted by molar-refractivity contribution is -0.142. The van der Waals surface area contributed by atoms with E-state index in [1.54, 1.807) is 6.92 Å². The van der Waals surface area contributed by atoms with Crippen molar-refractivity contribution in [3.05, 3.63) is 28.8 Å². The van der Waals surface area contributed by atoms with Gasteiger partial charge < -0.3 is 20.9 Å². The number of hydrogen-bond acceptors (Lipinski definition) is 5. The Labute approximate surface area is 149 Å². The van der Waals surface area contributed by atoms with E-state index in [0.717, 1.165) is 18.5 Å². The molecule has 0 aliphatic rings. The van der Waals surface area contributed by atoms with Crippen molar-refractivity contribution in [1.29, 1.82) is 0 Å². The minimum Gasteiger partial charge on any atom is -0.480 e. The lowest BCUT2D eigenvalue weighted by atomic mass is 9.99. The van der Waals surface area contributed by atoms with Crippen molar-refractivity contribution in [1.82, 2.24) is 0 Å². The van der Waals surface area contributed by atoms with Gasteiger partial charge in [-0.3, -0.25) is 4.79 Å². The second kappa shape index (κ2) is 11.9. The normalized spacial score (nSPS) is 10.7. The number of carbonyl (C=O) groups excluding carboxylic acids is 1. The van der Waals surface area contributed by atoms with Crippen molar-refractivity contribution in [2.45, 2.75) is 46.6 Å². The standard InChI is InChI=1S/C17H23NO2.C2H5NO2/c1-6-9-20-17(19)13(5)18-16-14(7-2)10-12(4)11-15(16)8-3;3-1-2(4)5/h1,10-11,13,18H,7-9H2,2-5H3;1,3H2,(H,4,5)/t13-;/m0./s1. The van der Waals surface area contributed by atoms with Gasteiger partial charge in [-0.05, 0) is 37.8 Å². The van der Waals surface area contributed by atoms with Crippen LogP contribution in [0.25, 0.3) is 0 Å². The highest BCUT2D eigenvalue weighted by Gasteiger charge is 2.17. The molecule has 1 aromatic rings. The zero-order valence-electron chi connectivity index (χ0n) is 15.4. The fraction of sp³-hybridized carbons (Fsp3) is 0.474. The van der Waals surface area contributed by atoms with E-state index in [4.69, 9.17) is 16.3 Å². The van der Waals surface area contributed by atoms with Crippen LogP contribution in [0.15, 0.2) is 12.1 Å². The largest absolute Gasteiger partial charge is 0.480 e. The summed E-state index contributed by atoms with van der Waals surface area (Å²) in [4.78, 5) is 21.0. The van der Waals surface area contributed by atoms with Crippen LogP contribution in [-0.4, -0.2) is 36.2 Å². The van der Waals surface area contributed by atoms with Crippen LogP contribution in [0.3, 0.4) is 0 Å². The summed E-state index contributed by atoms with van der Waals surface area (Å²) in [6, 6.07) is 3.89. The maximum absolute atomic E-state index is 11.8. The van der Waals surface area contributed by atoms with E-state index in [2.05, 4.69) is 49.9 Å². The zero-order valence-corrected chi connectivity index (χ0v) is 15.4. The maximum Gasteiger partial charge on any atom is 0.329 e. The smallest absolute Gasteiger partial charge is 0.329 e. The van der Waals surface area contributed by atoms with Crippen LogP contribution in [0.5, 0.6) is 0 Å².